The van der Waals surface area contributed by atoms with Crippen molar-refractivity contribution in [2.75, 3.05) is 38.0 Å². The maximum absolute atomic E-state index is 14.1. The van der Waals surface area contributed by atoms with Crippen LogP contribution in [0.3, 0.4) is 0 Å². The van der Waals surface area contributed by atoms with Crippen molar-refractivity contribution < 1.29 is 23.0 Å². The number of benzene rings is 4. The van der Waals surface area contributed by atoms with Crippen LogP contribution in [0.4, 0.5) is 25.0 Å². The van der Waals surface area contributed by atoms with Gasteiger partial charge in [0.05, 0.1) is 25.9 Å². The molecule has 6 rings (SSSR count). The molecule has 1 aliphatic carbocycles. The average Bonchev–Trinajstić information content (AvgIpc) is 3.43. The second kappa shape index (κ2) is 12.8. The van der Waals surface area contributed by atoms with Gasteiger partial charge in [-0.05, 0) is 104 Å². The van der Waals surface area contributed by atoms with E-state index in [-0.39, 0.29) is 23.2 Å². The van der Waals surface area contributed by atoms with Crippen LogP contribution in [-0.2, 0) is 5.41 Å². The Morgan fingerprint density at radius 1 is 0.935 bits per heavy atom. The number of likely N-dealkylation sites (tertiary alicyclic amines) is 1. The monoisotopic (exact) mass is 622 g/mol. The van der Waals surface area contributed by atoms with Gasteiger partial charge in [0.15, 0.2) is 23.1 Å². The number of carbonyl (C=O) groups excluding carboxylic acids is 1. The van der Waals surface area contributed by atoms with Gasteiger partial charge in [-0.25, -0.2) is 13.6 Å². The number of nitriles is 1. The predicted octanol–water partition coefficient (Wildman–Crippen LogP) is 7.75. The third kappa shape index (κ3) is 5.77. The number of fused-ring (bicyclic) bond motifs is 1. The molecule has 0 spiro atoms. The fraction of sp³-hybridized carbons (Fsp3) is 0.297. The number of amides is 2. The number of hydrogen-bond acceptors (Lipinski definition) is 5. The number of ether oxygens (including phenoxy) is 2. The van der Waals surface area contributed by atoms with Crippen LogP contribution in [-0.4, -0.2) is 50.8 Å². The number of nitrogens with zero attached hydrogens (tertiary/aromatic N) is 3. The van der Waals surface area contributed by atoms with Gasteiger partial charge >= 0.3 is 6.03 Å². The molecule has 1 saturated carbocycles. The summed E-state index contributed by atoms with van der Waals surface area (Å²) >= 11 is 0. The number of halogens is 2. The molecule has 0 unspecified atom stereocenters. The van der Waals surface area contributed by atoms with Crippen molar-refractivity contribution in [1.82, 2.24) is 4.90 Å². The lowest BCUT2D eigenvalue weighted by Gasteiger charge is -2.47. The summed E-state index contributed by atoms with van der Waals surface area (Å²) in [5.74, 6) is -0.632. The van der Waals surface area contributed by atoms with E-state index in [9.17, 15) is 18.8 Å². The minimum atomic E-state index is -1.03. The van der Waals surface area contributed by atoms with E-state index in [1.807, 2.05) is 48.5 Å². The minimum absolute atomic E-state index is 0.122. The highest BCUT2D eigenvalue weighted by atomic mass is 19.2. The number of urea groups is 1. The topological polar surface area (TPSA) is 77.8 Å². The van der Waals surface area contributed by atoms with Crippen LogP contribution in [0.5, 0.6) is 11.5 Å². The van der Waals surface area contributed by atoms with Crippen molar-refractivity contribution in [3.05, 3.63) is 108 Å². The minimum Gasteiger partial charge on any atom is -0.493 e. The molecule has 1 N–H and O–H groups in total. The number of hydrogen-bond donors (Lipinski definition) is 1. The molecule has 7 nitrogen and oxygen atoms in total. The highest BCUT2D eigenvalue weighted by Crippen LogP contribution is 2.51. The van der Waals surface area contributed by atoms with Gasteiger partial charge in [0, 0.05) is 34.9 Å². The van der Waals surface area contributed by atoms with Crippen LogP contribution in [0, 0.1) is 23.0 Å². The molecule has 0 aromatic heterocycles. The zero-order valence-corrected chi connectivity index (χ0v) is 26.1. The molecule has 4 aromatic carbocycles. The van der Waals surface area contributed by atoms with Gasteiger partial charge in [-0.3, -0.25) is 4.90 Å². The van der Waals surface area contributed by atoms with Crippen LogP contribution >= 0.6 is 0 Å². The predicted molar refractivity (Wildman–Crippen MR) is 174 cm³/mol. The lowest BCUT2D eigenvalue weighted by molar-refractivity contribution is 0.164. The Morgan fingerprint density at radius 2 is 1.72 bits per heavy atom. The fourth-order valence-electron chi connectivity index (χ4n) is 7.31. The second-order valence-corrected chi connectivity index (χ2v) is 12.1. The van der Waals surface area contributed by atoms with E-state index in [4.69, 9.17) is 9.47 Å². The maximum Gasteiger partial charge on any atom is 0.326 e. The second-order valence-electron chi connectivity index (χ2n) is 12.1. The zero-order chi connectivity index (χ0) is 32.4. The van der Waals surface area contributed by atoms with E-state index in [1.54, 1.807) is 25.2 Å². The summed E-state index contributed by atoms with van der Waals surface area (Å²) in [7, 11) is 5.40. The lowest BCUT2D eigenvalue weighted by atomic mass is 9.64. The largest absolute Gasteiger partial charge is 0.493 e. The molecule has 0 bridgehead atoms. The Kier molecular flexibility index (Phi) is 8.65. The summed E-state index contributed by atoms with van der Waals surface area (Å²) in [6.45, 7) is 0.920. The average molecular weight is 623 g/mol. The molecule has 46 heavy (non-hydrogen) atoms. The summed E-state index contributed by atoms with van der Waals surface area (Å²) < 4.78 is 38.9. The smallest absolute Gasteiger partial charge is 0.326 e. The standard InChI is InChI=1S/C37H36F2N4O3/c1-42-18-17-37(27-9-14-33(45-2)34(20-27)46-3)16-15-30(22-35(37)42)43(36(44)41-28-10-13-31(38)32(39)21-28)29-11-7-25(8-12-29)26-6-4-5-24(19-26)23-40/h4-14,19-21,30,35H,15-18,22H2,1-3H3,(H,41,44)/t30-,35-,37-/m0/s1. The van der Waals surface area contributed by atoms with Gasteiger partial charge in [-0.1, -0.05) is 30.3 Å². The van der Waals surface area contributed by atoms with Crippen LogP contribution in [0.25, 0.3) is 11.1 Å². The van der Waals surface area contributed by atoms with Crippen LogP contribution in [0.15, 0.2) is 84.9 Å². The van der Waals surface area contributed by atoms with E-state index in [1.165, 1.54) is 11.6 Å². The van der Waals surface area contributed by atoms with Crippen LogP contribution < -0.4 is 19.7 Å². The van der Waals surface area contributed by atoms with E-state index >= 15 is 0 Å². The third-order valence-corrected chi connectivity index (χ3v) is 9.68. The molecule has 236 valence electrons. The number of likely N-dealkylation sites (N-methyl/N-ethyl adjacent to an activating group) is 1. The summed E-state index contributed by atoms with van der Waals surface area (Å²) in [6, 6.07) is 26.3. The molecular weight excluding hydrogens is 586 g/mol. The maximum atomic E-state index is 14.1. The van der Waals surface area contributed by atoms with Gasteiger partial charge in [0.1, 0.15) is 0 Å². The molecule has 3 atom stereocenters. The highest BCUT2D eigenvalue weighted by Gasteiger charge is 2.52. The molecule has 4 aromatic rings. The Hall–Kier alpha value is -4.94. The molecular formula is C37H36F2N4O3. The van der Waals surface area contributed by atoms with Crippen LogP contribution in [0.1, 0.15) is 36.8 Å². The molecule has 0 radical (unpaired) electrons. The quantitative estimate of drug-likeness (QED) is 0.228. The van der Waals surface area contributed by atoms with Gasteiger partial charge < -0.3 is 19.7 Å². The van der Waals surface area contributed by atoms with Crippen molar-refractivity contribution in [3.63, 3.8) is 0 Å². The summed E-state index contributed by atoms with van der Waals surface area (Å²) in [5, 5.41) is 12.2. The molecule has 9 heteroatoms. The Balaban J connectivity index is 1.34. The number of carbonyl (C=O) groups is 1. The van der Waals surface area contributed by atoms with Crippen molar-refractivity contribution >= 4 is 17.4 Å². The third-order valence-electron chi connectivity index (χ3n) is 9.68. The summed E-state index contributed by atoms with van der Waals surface area (Å²) in [6.07, 6.45) is 3.27. The Bertz CT molecular complexity index is 1790. The Morgan fingerprint density at radius 3 is 2.43 bits per heavy atom. The summed E-state index contributed by atoms with van der Waals surface area (Å²) in [4.78, 5) is 18.2. The van der Waals surface area contributed by atoms with Gasteiger partial charge in [0.2, 0.25) is 0 Å². The molecule has 1 aliphatic heterocycles. The van der Waals surface area contributed by atoms with Crippen LogP contribution in [0.2, 0.25) is 0 Å². The lowest BCUT2D eigenvalue weighted by Crippen LogP contribution is -2.54. The van der Waals surface area contributed by atoms with E-state index in [2.05, 4.69) is 35.5 Å². The zero-order valence-electron chi connectivity index (χ0n) is 26.1. The molecule has 2 aliphatic rings. The van der Waals surface area contributed by atoms with Crippen molar-refractivity contribution in [3.8, 4) is 28.7 Å². The number of rotatable bonds is 7. The molecule has 2 amide bonds. The van der Waals surface area contributed by atoms with Gasteiger partial charge in [-0.2, -0.15) is 5.26 Å². The van der Waals surface area contributed by atoms with E-state index < -0.39 is 17.7 Å². The number of methoxy groups -OCH3 is 2. The van der Waals surface area contributed by atoms with Crippen molar-refractivity contribution in [1.29, 1.82) is 5.26 Å². The fourth-order valence-corrected chi connectivity index (χ4v) is 7.31. The van der Waals surface area contributed by atoms with Crippen molar-refractivity contribution in [2.45, 2.75) is 43.2 Å². The first-order valence-electron chi connectivity index (χ1n) is 15.3. The summed E-state index contributed by atoms with van der Waals surface area (Å²) in [5.41, 5.74) is 4.30. The highest BCUT2D eigenvalue weighted by molar-refractivity contribution is 6.02. The normalized spacial score (nSPS) is 20.8. The molecule has 1 saturated heterocycles. The first-order valence-corrected chi connectivity index (χ1v) is 15.3. The van der Waals surface area contributed by atoms with Gasteiger partial charge in [0.25, 0.3) is 0 Å². The van der Waals surface area contributed by atoms with E-state index in [0.29, 0.717) is 29.2 Å². The number of nitrogens with one attached hydrogen (secondary N) is 1. The van der Waals surface area contributed by atoms with Crippen molar-refractivity contribution in [2.24, 2.45) is 0 Å². The molecule has 1 heterocycles. The first-order chi connectivity index (χ1) is 22.3. The Labute approximate surface area is 268 Å². The number of anilines is 2. The van der Waals surface area contributed by atoms with Gasteiger partial charge in [-0.15, -0.1) is 0 Å². The SMILES string of the molecule is COc1ccc([C@@]23CC[C@H](N(C(=O)Nc4ccc(F)c(F)c4)c4ccc(-c5cccc(C#N)c5)cc4)C[C@@H]2N(C)CC3)cc1OC. The van der Waals surface area contributed by atoms with E-state index in [0.717, 1.165) is 49.1 Å². The molecule has 2 fully saturated rings. The first kappa shape index (κ1) is 31.1.